The van der Waals surface area contributed by atoms with Crippen molar-refractivity contribution in [3.8, 4) is 0 Å². The van der Waals surface area contributed by atoms with Gasteiger partial charge in [0, 0.05) is 19.2 Å². The molecule has 6 nitrogen and oxygen atoms in total. The van der Waals surface area contributed by atoms with Crippen LogP contribution in [0.2, 0.25) is 0 Å². The summed E-state index contributed by atoms with van der Waals surface area (Å²) < 4.78 is 4.90. The number of rotatable bonds is 6. The van der Waals surface area contributed by atoms with Crippen LogP contribution in [0.15, 0.2) is 29.3 Å². The number of ether oxygens (including phenoxy) is 1. The molecule has 2 N–H and O–H groups in total. The Balaban J connectivity index is 1.85. The Morgan fingerprint density at radius 1 is 1.41 bits per heavy atom. The third kappa shape index (κ3) is 4.85. The van der Waals surface area contributed by atoms with Crippen LogP contribution in [-0.2, 0) is 14.3 Å². The molecule has 22 heavy (non-hydrogen) atoms. The second-order valence-corrected chi connectivity index (χ2v) is 6.09. The van der Waals surface area contributed by atoms with E-state index in [4.69, 9.17) is 4.74 Å². The van der Waals surface area contributed by atoms with E-state index >= 15 is 0 Å². The zero-order valence-electron chi connectivity index (χ0n) is 12.6. The summed E-state index contributed by atoms with van der Waals surface area (Å²) in [6.07, 6.45) is 0.119. The van der Waals surface area contributed by atoms with Crippen molar-refractivity contribution in [2.24, 2.45) is 4.99 Å². The second-order valence-electron chi connectivity index (χ2n) is 4.89. The van der Waals surface area contributed by atoms with Crippen LogP contribution < -0.4 is 10.6 Å². The maximum atomic E-state index is 12.0. The van der Waals surface area contributed by atoms with E-state index in [0.717, 1.165) is 11.3 Å². The molecule has 0 unspecified atom stereocenters. The summed E-state index contributed by atoms with van der Waals surface area (Å²) in [5.41, 5.74) is 1.86. The van der Waals surface area contributed by atoms with Crippen molar-refractivity contribution in [3.05, 3.63) is 29.8 Å². The molecule has 1 aliphatic heterocycles. The number of thioether (sulfide) groups is 1. The summed E-state index contributed by atoms with van der Waals surface area (Å²) in [7, 11) is 1.60. The van der Waals surface area contributed by atoms with Gasteiger partial charge in [-0.2, -0.15) is 0 Å². The van der Waals surface area contributed by atoms with Crippen LogP contribution >= 0.6 is 11.8 Å². The highest BCUT2D eigenvalue weighted by molar-refractivity contribution is 8.15. The fraction of sp³-hybridized carbons (Fsp3) is 0.400. The molecule has 0 bridgehead atoms. The van der Waals surface area contributed by atoms with Crippen molar-refractivity contribution in [2.45, 2.75) is 18.6 Å². The third-order valence-electron chi connectivity index (χ3n) is 3.03. The molecule has 0 spiro atoms. The smallest absolute Gasteiger partial charge is 0.240 e. The first-order valence-electron chi connectivity index (χ1n) is 6.96. The van der Waals surface area contributed by atoms with E-state index in [9.17, 15) is 9.59 Å². The fourth-order valence-electron chi connectivity index (χ4n) is 1.87. The molecule has 0 saturated carbocycles. The van der Waals surface area contributed by atoms with Gasteiger partial charge >= 0.3 is 0 Å². The molecule has 1 aromatic rings. The molecule has 1 atom stereocenters. The summed E-state index contributed by atoms with van der Waals surface area (Å²) >= 11 is 1.28. The van der Waals surface area contributed by atoms with Gasteiger partial charge in [-0.05, 0) is 19.1 Å². The van der Waals surface area contributed by atoms with Crippen molar-refractivity contribution >= 4 is 34.4 Å². The fourth-order valence-corrected chi connectivity index (χ4v) is 2.87. The Kier molecular flexibility index (Phi) is 5.97. The Morgan fingerprint density at radius 3 is 2.82 bits per heavy atom. The van der Waals surface area contributed by atoms with E-state index < -0.39 is 5.25 Å². The van der Waals surface area contributed by atoms with Gasteiger partial charge in [-0.25, -0.2) is 0 Å². The number of hydrogen-bond donors (Lipinski definition) is 2. The molecular weight excluding hydrogens is 302 g/mol. The van der Waals surface area contributed by atoms with Crippen LogP contribution in [0.4, 0.5) is 5.69 Å². The van der Waals surface area contributed by atoms with Crippen molar-refractivity contribution in [2.75, 3.05) is 25.6 Å². The van der Waals surface area contributed by atoms with E-state index in [0.29, 0.717) is 18.3 Å². The Labute approximate surface area is 133 Å². The van der Waals surface area contributed by atoms with Gasteiger partial charge in [0.2, 0.25) is 11.8 Å². The van der Waals surface area contributed by atoms with Crippen LogP contribution in [0.5, 0.6) is 0 Å². The van der Waals surface area contributed by atoms with Crippen molar-refractivity contribution in [3.63, 3.8) is 0 Å². The molecule has 1 aromatic carbocycles. The number of carbonyl (C=O) groups excluding carboxylic acids is 2. The maximum Gasteiger partial charge on any atom is 0.240 e. The highest BCUT2D eigenvalue weighted by Gasteiger charge is 2.31. The first kappa shape index (κ1) is 16.5. The van der Waals surface area contributed by atoms with Crippen LogP contribution in [0.1, 0.15) is 12.0 Å². The van der Waals surface area contributed by atoms with Crippen LogP contribution in [-0.4, -0.2) is 42.5 Å². The standard InChI is InChI=1S/C15H19N3O3S/c1-10-3-5-11(6-4-10)17-13(19)9-12-14(20)18-15(22-12)16-7-8-21-2/h3-6,12H,7-9H2,1-2H3,(H,17,19)(H,16,18,20)/t12-/m1/s1. The molecule has 0 aromatic heterocycles. The molecular formula is C15H19N3O3S. The van der Waals surface area contributed by atoms with Gasteiger partial charge in [0.15, 0.2) is 5.17 Å². The van der Waals surface area contributed by atoms with E-state index in [2.05, 4.69) is 15.6 Å². The normalized spacial score (nSPS) is 19.3. The van der Waals surface area contributed by atoms with Crippen molar-refractivity contribution in [1.29, 1.82) is 0 Å². The summed E-state index contributed by atoms with van der Waals surface area (Å²) in [6, 6.07) is 7.53. The Morgan fingerprint density at radius 2 is 2.14 bits per heavy atom. The SMILES string of the molecule is COCCN=C1NC(=O)[C@@H](CC(=O)Nc2ccc(C)cc2)S1. The number of hydrogen-bond acceptors (Lipinski definition) is 5. The largest absolute Gasteiger partial charge is 0.383 e. The number of aliphatic imine (C=N–C) groups is 1. The molecule has 0 radical (unpaired) electrons. The number of benzene rings is 1. The predicted octanol–water partition coefficient (Wildman–Crippen LogP) is 1.56. The van der Waals surface area contributed by atoms with Crippen LogP contribution in [0, 0.1) is 6.92 Å². The third-order valence-corrected chi connectivity index (χ3v) is 4.15. The zero-order valence-corrected chi connectivity index (χ0v) is 13.4. The molecule has 1 aliphatic rings. The molecule has 1 heterocycles. The summed E-state index contributed by atoms with van der Waals surface area (Å²) in [6.45, 7) is 2.97. The minimum Gasteiger partial charge on any atom is -0.383 e. The number of methoxy groups -OCH3 is 1. The highest BCUT2D eigenvalue weighted by atomic mass is 32.2. The number of nitrogens with one attached hydrogen (secondary N) is 2. The lowest BCUT2D eigenvalue weighted by Crippen LogP contribution is -2.28. The lowest BCUT2D eigenvalue weighted by Gasteiger charge is -2.07. The summed E-state index contributed by atoms with van der Waals surface area (Å²) in [5.74, 6) is -0.366. The zero-order chi connectivity index (χ0) is 15.9. The molecule has 118 valence electrons. The monoisotopic (exact) mass is 321 g/mol. The van der Waals surface area contributed by atoms with Gasteiger partial charge in [-0.1, -0.05) is 29.5 Å². The van der Waals surface area contributed by atoms with E-state index in [-0.39, 0.29) is 18.2 Å². The van der Waals surface area contributed by atoms with E-state index in [1.807, 2.05) is 31.2 Å². The second kappa shape index (κ2) is 7.95. The lowest BCUT2D eigenvalue weighted by atomic mass is 10.2. The first-order valence-corrected chi connectivity index (χ1v) is 7.84. The molecule has 2 rings (SSSR count). The first-order chi connectivity index (χ1) is 10.6. The van der Waals surface area contributed by atoms with Gasteiger partial charge in [0.1, 0.15) is 5.25 Å². The average molecular weight is 321 g/mol. The number of amides is 2. The molecule has 0 aliphatic carbocycles. The minimum absolute atomic E-state index is 0.119. The minimum atomic E-state index is -0.438. The lowest BCUT2D eigenvalue weighted by molar-refractivity contribution is -0.122. The topological polar surface area (TPSA) is 79.8 Å². The maximum absolute atomic E-state index is 12.0. The Bertz CT molecular complexity index is 572. The van der Waals surface area contributed by atoms with E-state index in [1.54, 1.807) is 7.11 Å². The summed E-state index contributed by atoms with van der Waals surface area (Å²) in [5, 5.41) is 5.58. The molecule has 1 fully saturated rings. The highest BCUT2D eigenvalue weighted by Crippen LogP contribution is 2.23. The van der Waals surface area contributed by atoms with E-state index in [1.165, 1.54) is 11.8 Å². The summed E-state index contributed by atoms with van der Waals surface area (Å²) in [4.78, 5) is 28.0. The van der Waals surface area contributed by atoms with Crippen molar-refractivity contribution < 1.29 is 14.3 Å². The molecule has 7 heteroatoms. The van der Waals surface area contributed by atoms with Gasteiger partial charge in [0.25, 0.3) is 0 Å². The molecule has 2 amide bonds. The van der Waals surface area contributed by atoms with Gasteiger partial charge < -0.3 is 15.4 Å². The predicted molar refractivity (Wildman–Crippen MR) is 88.1 cm³/mol. The van der Waals surface area contributed by atoms with Gasteiger partial charge in [-0.3, -0.25) is 14.6 Å². The van der Waals surface area contributed by atoms with Crippen LogP contribution in [0.25, 0.3) is 0 Å². The molecule has 1 saturated heterocycles. The number of amidine groups is 1. The quantitative estimate of drug-likeness (QED) is 0.779. The number of anilines is 1. The van der Waals surface area contributed by atoms with Gasteiger partial charge in [-0.15, -0.1) is 0 Å². The van der Waals surface area contributed by atoms with Crippen LogP contribution in [0.3, 0.4) is 0 Å². The number of aryl methyl sites for hydroxylation is 1. The number of nitrogens with zero attached hydrogens (tertiary/aromatic N) is 1. The van der Waals surface area contributed by atoms with Crippen molar-refractivity contribution in [1.82, 2.24) is 5.32 Å². The average Bonchev–Trinajstić information content (AvgIpc) is 2.82. The number of carbonyl (C=O) groups is 2. The van der Waals surface area contributed by atoms with Gasteiger partial charge in [0.05, 0.1) is 13.2 Å². The Hall–Kier alpha value is -1.86.